The van der Waals surface area contributed by atoms with Crippen LogP contribution < -0.4 is 26.0 Å². The van der Waals surface area contributed by atoms with Crippen LogP contribution in [0.5, 0.6) is 11.5 Å². The summed E-state index contributed by atoms with van der Waals surface area (Å²) in [4.78, 5) is 0. The summed E-state index contributed by atoms with van der Waals surface area (Å²) in [6.07, 6.45) is 0. The zero-order valence-electron chi connectivity index (χ0n) is 18.4. The van der Waals surface area contributed by atoms with Gasteiger partial charge in [-0.25, -0.2) is 0 Å². The van der Waals surface area contributed by atoms with Gasteiger partial charge in [0.2, 0.25) is 0 Å². The second-order valence-electron chi connectivity index (χ2n) is 8.07. The van der Waals surface area contributed by atoms with E-state index in [1.54, 1.807) is 0 Å². The van der Waals surface area contributed by atoms with Gasteiger partial charge in [-0.05, 0) is 10.6 Å². The zero-order valence-corrected chi connectivity index (χ0v) is 26.6. The van der Waals surface area contributed by atoms with E-state index >= 15 is 0 Å². The van der Waals surface area contributed by atoms with Crippen molar-refractivity contribution in [1.82, 2.24) is 0 Å². The molecule has 0 fully saturated rings. The van der Waals surface area contributed by atoms with E-state index in [0.717, 1.165) is 11.5 Å². The van der Waals surface area contributed by atoms with E-state index in [4.69, 9.17) is 4.74 Å². The molecule has 4 aromatic rings. The van der Waals surface area contributed by atoms with Gasteiger partial charge in [0, 0.05) is 109 Å². The fourth-order valence-electron chi connectivity index (χ4n) is 4.08. The SMILES string of the molecule is CC1(C)c2cccc(Pc3ccccc3)c2Oc2c(Pc3ccccc3)cccc21.[Pd].[Pd].[Pd].[Pd]. The normalized spacial score (nSPS) is 12.9. The fourth-order valence-corrected chi connectivity index (χ4v) is 6.37. The van der Waals surface area contributed by atoms with Gasteiger partial charge in [0.05, 0.1) is 0 Å². The van der Waals surface area contributed by atoms with E-state index in [1.807, 2.05) is 0 Å². The molecule has 0 aliphatic carbocycles. The fraction of sp³-hybridized carbons (Fsp3) is 0.111. The molecule has 2 unspecified atom stereocenters. The smallest absolute Gasteiger partial charge is 0.139 e. The number of benzene rings is 4. The van der Waals surface area contributed by atoms with Gasteiger partial charge in [-0.2, -0.15) is 0 Å². The number of rotatable bonds is 4. The van der Waals surface area contributed by atoms with Crippen LogP contribution >= 0.6 is 17.2 Å². The van der Waals surface area contributed by atoms with Gasteiger partial charge in [0.1, 0.15) is 11.5 Å². The first-order chi connectivity index (χ1) is 14.6. The van der Waals surface area contributed by atoms with Crippen molar-refractivity contribution in [1.29, 1.82) is 0 Å². The van der Waals surface area contributed by atoms with Crippen LogP contribution in [0.15, 0.2) is 97.1 Å². The van der Waals surface area contributed by atoms with Crippen LogP contribution in [0.25, 0.3) is 0 Å². The molecule has 4 aromatic carbocycles. The minimum atomic E-state index is -0.0999. The van der Waals surface area contributed by atoms with E-state index < -0.39 is 0 Å². The number of ether oxygens (including phenoxy) is 1. The number of hydrogen-bond donors (Lipinski definition) is 0. The minimum absolute atomic E-state index is 0. The minimum Gasteiger partial charge on any atom is -0.455 e. The Morgan fingerprint density at radius 2 is 0.882 bits per heavy atom. The van der Waals surface area contributed by atoms with Gasteiger partial charge >= 0.3 is 0 Å². The molecule has 1 nitrogen and oxygen atoms in total. The van der Waals surface area contributed by atoms with Crippen LogP contribution in [-0.4, -0.2) is 0 Å². The first-order valence-electron chi connectivity index (χ1n) is 10.2. The van der Waals surface area contributed by atoms with Crippen molar-refractivity contribution < 1.29 is 86.4 Å². The Kier molecular flexibility index (Phi) is 13.5. The summed E-state index contributed by atoms with van der Waals surface area (Å²) in [6.45, 7) is 4.63. The molecule has 7 heteroatoms. The van der Waals surface area contributed by atoms with Crippen LogP contribution in [-0.2, 0) is 87.1 Å². The van der Waals surface area contributed by atoms with Crippen LogP contribution in [0.1, 0.15) is 25.0 Å². The molecule has 0 spiro atoms. The zero-order chi connectivity index (χ0) is 20.6. The summed E-state index contributed by atoms with van der Waals surface area (Å²) < 4.78 is 6.73. The quantitative estimate of drug-likeness (QED) is 0.199. The first-order valence-corrected chi connectivity index (χ1v) is 12.2. The number of para-hydroxylation sites is 2. The van der Waals surface area contributed by atoms with E-state index in [2.05, 4.69) is 111 Å². The van der Waals surface area contributed by atoms with Gasteiger partial charge in [-0.1, -0.05) is 128 Å². The summed E-state index contributed by atoms with van der Waals surface area (Å²) in [6, 6.07) is 34.6. The molecule has 5 rings (SSSR count). The van der Waals surface area contributed by atoms with Gasteiger partial charge in [0.15, 0.2) is 0 Å². The van der Waals surface area contributed by atoms with Crippen LogP contribution in [0.2, 0.25) is 0 Å². The Bertz CT molecular complexity index is 1110. The third-order valence-corrected chi connectivity index (χ3v) is 8.26. The topological polar surface area (TPSA) is 9.23 Å². The molecule has 2 atom stereocenters. The molecule has 34 heavy (non-hydrogen) atoms. The average Bonchev–Trinajstić information content (AvgIpc) is 2.77. The predicted molar refractivity (Wildman–Crippen MR) is 133 cm³/mol. The molecular formula is C27H24OP2Pd4. The molecule has 1 heterocycles. The summed E-state index contributed by atoms with van der Waals surface area (Å²) in [5.74, 6) is 2.09. The standard InChI is InChI=1S/C27H24OP2.4Pd/c1-27(2)21-15-9-17-23(29-19-11-5-3-6-12-19)25(21)28-26-22(27)16-10-18-24(26)30-20-13-7-4-8-14-20;;;;/h3-18,29-30H,1-2H3;;;;. The molecule has 0 saturated carbocycles. The summed E-state index contributed by atoms with van der Waals surface area (Å²) in [5, 5.41) is 5.21. The molecular weight excluding hydrogens is 828 g/mol. The average molecular weight is 852 g/mol. The molecule has 0 N–H and O–H groups in total. The monoisotopic (exact) mass is 850 g/mol. The molecule has 0 radical (unpaired) electrons. The molecule has 1 aliphatic heterocycles. The van der Waals surface area contributed by atoms with Gasteiger partial charge in [-0.15, -0.1) is 0 Å². The Labute approximate surface area is 261 Å². The second kappa shape index (κ2) is 14.2. The van der Waals surface area contributed by atoms with Crippen molar-refractivity contribution in [2.75, 3.05) is 0 Å². The van der Waals surface area contributed by atoms with E-state index in [9.17, 15) is 0 Å². The summed E-state index contributed by atoms with van der Waals surface area (Å²) in [5.41, 5.74) is 2.45. The van der Waals surface area contributed by atoms with Crippen LogP contribution in [0.3, 0.4) is 0 Å². The van der Waals surface area contributed by atoms with Crippen molar-refractivity contribution in [3.05, 3.63) is 108 Å². The van der Waals surface area contributed by atoms with E-state index in [1.165, 1.54) is 32.3 Å². The third-order valence-electron chi connectivity index (χ3n) is 5.69. The molecule has 0 amide bonds. The van der Waals surface area contributed by atoms with E-state index in [0.29, 0.717) is 17.2 Å². The second-order valence-corrected chi connectivity index (χ2v) is 10.8. The maximum absolute atomic E-state index is 6.73. The van der Waals surface area contributed by atoms with Gasteiger partial charge in [0.25, 0.3) is 0 Å². The predicted octanol–water partition coefficient (Wildman–Crippen LogP) is 5.37. The Morgan fingerprint density at radius 1 is 0.500 bits per heavy atom. The van der Waals surface area contributed by atoms with Gasteiger partial charge < -0.3 is 4.74 Å². The molecule has 1 aliphatic rings. The van der Waals surface area contributed by atoms with Crippen LogP contribution in [0.4, 0.5) is 0 Å². The van der Waals surface area contributed by atoms with Crippen molar-refractivity contribution in [2.45, 2.75) is 19.3 Å². The van der Waals surface area contributed by atoms with Gasteiger partial charge in [-0.3, -0.25) is 0 Å². The van der Waals surface area contributed by atoms with Crippen LogP contribution in [0, 0.1) is 0 Å². The third kappa shape index (κ3) is 6.73. The summed E-state index contributed by atoms with van der Waals surface area (Å²) in [7, 11) is 1.15. The van der Waals surface area contributed by atoms with Crippen molar-refractivity contribution >= 4 is 38.4 Å². The first kappa shape index (κ1) is 32.2. The molecule has 0 saturated heterocycles. The molecule has 0 bridgehead atoms. The molecule has 188 valence electrons. The van der Waals surface area contributed by atoms with Crippen molar-refractivity contribution in [3.63, 3.8) is 0 Å². The maximum Gasteiger partial charge on any atom is 0.139 e. The summed E-state index contributed by atoms with van der Waals surface area (Å²) >= 11 is 0. The Morgan fingerprint density at radius 3 is 1.26 bits per heavy atom. The Balaban J connectivity index is 0.00000144. The molecule has 0 aromatic heterocycles. The van der Waals surface area contributed by atoms with E-state index in [-0.39, 0.29) is 87.1 Å². The van der Waals surface area contributed by atoms with Crippen molar-refractivity contribution in [2.24, 2.45) is 0 Å². The Hall–Kier alpha value is 0.189. The largest absolute Gasteiger partial charge is 0.455 e. The number of hydrogen-bond acceptors (Lipinski definition) is 1. The maximum atomic E-state index is 6.73. The number of fused-ring (bicyclic) bond motifs is 2. The van der Waals surface area contributed by atoms with Crippen molar-refractivity contribution in [3.8, 4) is 11.5 Å².